The topological polar surface area (TPSA) is 58.2 Å². The lowest BCUT2D eigenvalue weighted by atomic mass is 10.1. The average Bonchev–Trinajstić information content (AvgIpc) is 2.45. The Kier molecular flexibility index (Phi) is 4.98. The van der Waals surface area contributed by atoms with Crippen molar-refractivity contribution in [3.05, 3.63) is 57.6 Å². The second-order valence-corrected chi connectivity index (χ2v) is 6.08. The molecule has 0 aliphatic carbocycles. The van der Waals surface area contributed by atoms with Gasteiger partial charge in [-0.1, -0.05) is 22.0 Å². The molecular weight excluding hydrogens is 344 g/mol. The van der Waals surface area contributed by atoms with E-state index in [-0.39, 0.29) is 0 Å². The van der Waals surface area contributed by atoms with E-state index in [1.807, 2.05) is 45.0 Å². The molecule has 0 saturated heterocycles. The van der Waals surface area contributed by atoms with Gasteiger partial charge >= 0.3 is 11.8 Å². The van der Waals surface area contributed by atoms with E-state index in [9.17, 15) is 9.59 Å². The molecule has 2 rings (SSSR count). The minimum Gasteiger partial charge on any atom is -0.318 e. The molecule has 2 aromatic carbocycles. The number of halogens is 1. The molecule has 0 radical (unpaired) electrons. The fourth-order valence-corrected chi connectivity index (χ4v) is 2.43. The van der Waals surface area contributed by atoms with Crippen LogP contribution in [0.15, 0.2) is 40.9 Å². The number of nitrogens with one attached hydrogen (secondary N) is 2. The SMILES string of the molecule is Cc1ccc(NC(=O)C(=O)Nc2ccc(Br)cc2C)cc1C. The van der Waals surface area contributed by atoms with E-state index in [1.54, 1.807) is 12.1 Å². The molecule has 0 unspecified atom stereocenters. The number of carbonyl (C=O) groups excluding carboxylic acids is 2. The van der Waals surface area contributed by atoms with Gasteiger partial charge in [-0.25, -0.2) is 0 Å². The van der Waals surface area contributed by atoms with Crippen LogP contribution in [0.5, 0.6) is 0 Å². The molecule has 2 N–H and O–H groups in total. The predicted octanol–water partition coefficient (Wildman–Crippen LogP) is 3.95. The van der Waals surface area contributed by atoms with Crippen molar-refractivity contribution in [2.45, 2.75) is 20.8 Å². The Morgan fingerprint density at radius 3 is 2.14 bits per heavy atom. The Balaban J connectivity index is 2.05. The molecule has 114 valence electrons. The van der Waals surface area contributed by atoms with Crippen LogP contribution in [0.3, 0.4) is 0 Å². The highest BCUT2D eigenvalue weighted by molar-refractivity contribution is 9.10. The molecule has 0 atom stereocenters. The molecule has 5 heteroatoms. The molecule has 2 aromatic rings. The van der Waals surface area contributed by atoms with Gasteiger partial charge in [-0.05, 0) is 67.8 Å². The minimum absolute atomic E-state index is 0.607. The molecule has 2 amide bonds. The van der Waals surface area contributed by atoms with Crippen molar-refractivity contribution in [2.75, 3.05) is 10.6 Å². The van der Waals surface area contributed by atoms with Gasteiger partial charge in [-0.2, -0.15) is 0 Å². The van der Waals surface area contributed by atoms with E-state index in [0.717, 1.165) is 21.2 Å². The number of aryl methyl sites for hydroxylation is 3. The number of rotatable bonds is 2. The van der Waals surface area contributed by atoms with Crippen LogP contribution in [-0.4, -0.2) is 11.8 Å². The number of benzene rings is 2. The van der Waals surface area contributed by atoms with Gasteiger partial charge in [-0.15, -0.1) is 0 Å². The largest absolute Gasteiger partial charge is 0.318 e. The molecule has 0 heterocycles. The van der Waals surface area contributed by atoms with E-state index >= 15 is 0 Å². The Labute approximate surface area is 138 Å². The van der Waals surface area contributed by atoms with E-state index in [4.69, 9.17) is 0 Å². The number of hydrogen-bond donors (Lipinski definition) is 2. The van der Waals surface area contributed by atoms with Gasteiger partial charge in [-0.3, -0.25) is 9.59 Å². The van der Waals surface area contributed by atoms with Crippen molar-refractivity contribution in [2.24, 2.45) is 0 Å². The second kappa shape index (κ2) is 6.75. The quantitative estimate of drug-likeness (QED) is 0.796. The molecule has 0 aromatic heterocycles. The normalized spacial score (nSPS) is 10.2. The summed E-state index contributed by atoms with van der Waals surface area (Å²) >= 11 is 3.36. The van der Waals surface area contributed by atoms with Gasteiger partial charge in [0.15, 0.2) is 0 Å². The van der Waals surface area contributed by atoms with Crippen molar-refractivity contribution in [3.8, 4) is 0 Å². The maximum absolute atomic E-state index is 12.0. The molecule has 22 heavy (non-hydrogen) atoms. The summed E-state index contributed by atoms with van der Waals surface area (Å²) in [5.74, 6) is -1.38. The number of carbonyl (C=O) groups is 2. The summed E-state index contributed by atoms with van der Waals surface area (Å²) in [6.07, 6.45) is 0. The van der Waals surface area contributed by atoms with Gasteiger partial charge in [0, 0.05) is 15.8 Å². The van der Waals surface area contributed by atoms with Crippen LogP contribution >= 0.6 is 15.9 Å². The average molecular weight is 361 g/mol. The Bertz CT molecular complexity index is 741. The zero-order valence-corrected chi connectivity index (χ0v) is 14.2. The van der Waals surface area contributed by atoms with E-state index in [2.05, 4.69) is 26.6 Å². The zero-order valence-electron chi connectivity index (χ0n) is 12.7. The molecule has 0 saturated carbocycles. The lowest BCUT2D eigenvalue weighted by Gasteiger charge is -2.10. The molecule has 0 spiro atoms. The van der Waals surface area contributed by atoms with Crippen LogP contribution in [0.25, 0.3) is 0 Å². The Morgan fingerprint density at radius 2 is 1.50 bits per heavy atom. The fourth-order valence-electron chi connectivity index (χ4n) is 1.95. The van der Waals surface area contributed by atoms with Gasteiger partial charge < -0.3 is 10.6 Å². The summed E-state index contributed by atoms with van der Waals surface area (Å²) in [6.45, 7) is 5.81. The highest BCUT2D eigenvalue weighted by Gasteiger charge is 2.15. The van der Waals surface area contributed by atoms with Gasteiger partial charge in [0.2, 0.25) is 0 Å². The summed E-state index contributed by atoms with van der Waals surface area (Å²) in [6, 6.07) is 11.0. The van der Waals surface area contributed by atoms with Crippen molar-refractivity contribution in [1.29, 1.82) is 0 Å². The van der Waals surface area contributed by atoms with Crippen LogP contribution in [0.4, 0.5) is 11.4 Å². The van der Waals surface area contributed by atoms with Gasteiger partial charge in [0.05, 0.1) is 0 Å². The fraction of sp³-hybridized carbons (Fsp3) is 0.176. The second-order valence-electron chi connectivity index (χ2n) is 5.17. The summed E-state index contributed by atoms with van der Waals surface area (Å²) in [7, 11) is 0. The monoisotopic (exact) mass is 360 g/mol. The summed E-state index contributed by atoms with van der Waals surface area (Å²) < 4.78 is 0.919. The van der Waals surface area contributed by atoms with Crippen molar-refractivity contribution >= 4 is 39.1 Å². The lowest BCUT2D eigenvalue weighted by Crippen LogP contribution is -2.29. The maximum Gasteiger partial charge on any atom is 0.314 e. The van der Waals surface area contributed by atoms with E-state index < -0.39 is 11.8 Å². The van der Waals surface area contributed by atoms with E-state index in [0.29, 0.717) is 11.4 Å². The summed E-state index contributed by atoms with van der Waals surface area (Å²) in [4.78, 5) is 23.9. The first-order valence-electron chi connectivity index (χ1n) is 6.82. The third kappa shape index (κ3) is 3.95. The number of amides is 2. The highest BCUT2D eigenvalue weighted by atomic mass is 79.9. The van der Waals surface area contributed by atoms with Crippen LogP contribution in [-0.2, 0) is 9.59 Å². The minimum atomic E-state index is -0.691. The molecule has 0 aliphatic rings. The maximum atomic E-state index is 12.0. The smallest absolute Gasteiger partial charge is 0.314 e. The lowest BCUT2D eigenvalue weighted by molar-refractivity contribution is -0.133. The third-order valence-electron chi connectivity index (χ3n) is 3.41. The summed E-state index contributed by atoms with van der Waals surface area (Å²) in [5.41, 5.74) is 4.29. The first-order chi connectivity index (χ1) is 10.4. The Hall–Kier alpha value is -2.14. The predicted molar refractivity (Wildman–Crippen MR) is 92.1 cm³/mol. The van der Waals surface area contributed by atoms with Crippen LogP contribution in [0.2, 0.25) is 0 Å². The van der Waals surface area contributed by atoms with Crippen molar-refractivity contribution in [1.82, 2.24) is 0 Å². The number of anilines is 2. The van der Waals surface area contributed by atoms with Crippen molar-refractivity contribution in [3.63, 3.8) is 0 Å². The van der Waals surface area contributed by atoms with Crippen LogP contribution in [0, 0.1) is 20.8 Å². The molecule has 0 bridgehead atoms. The van der Waals surface area contributed by atoms with Crippen molar-refractivity contribution < 1.29 is 9.59 Å². The first-order valence-corrected chi connectivity index (χ1v) is 7.62. The summed E-state index contributed by atoms with van der Waals surface area (Å²) in [5, 5.41) is 5.21. The molecule has 4 nitrogen and oxygen atoms in total. The van der Waals surface area contributed by atoms with E-state index in [1.165, 1.54) is 0 Å². The Morgan fingerprint density at radius 1 is 0.818 bits per heavy atom. The first kappa shape index (κ1) is 16.2. The molecular formula is C17H17BrN2O2. The third-order valence-corrected chi connectivity index (χ3v) is 3.90. The number of hydrogen-bond acceptors (Lipinski definition) is 2. The van der Waals surface area contributed by atoms with Crippen LogP contribution in [0.1, 0.15) is 16.7 Å². The van der Waals surface area contributed by atoms with Gasteiger partial charge in [0.25, 0.3) is 0 Å². The van der Waals surface area contributed by atoms with Gasteiger partial charge in [0.1, 0.15) is 0 Å². The molecule has 0 aliphatic heterocycles. The highest BCUT2D eigenvalue weighted by Crippen LogP contribution is 2.20. The molecule has 0 fully saturated rings. The van der Waals surface area contributed by atoms with Crippen LogP contribution < -0.4 is 10.6 Å². The zero-order chi connectivity index (χ0) is 16.3. The standard InChI is InChI=1S/C17H17BrN2O2/c1-10-4-6-14(9-11(10)2)19-16(21)17(22)20-15-7-5-13(18)8-12(15)3/h4-9H,1-3H3,(H,19,21)(H,20,22).